The van der Waals surface area contributed by atoms with Gasteiger partial charge in [-0.3, -0.25) is 0 Å². The van der Waals surface area contributed by atoms with E-state index in [0.29, 0.717) is 34.1 Å². The summed E-state index contributed by atoms with van der Waals surface area (Å²) in [4.78, 5) is 6.53. The van der Waals surface area contributed by atoms with Crippen LogP contribution < -0.4 is 16.2 Å². The lowest BCUT2D eigenvalue weighted by Crippen LogP contribution is -2.42. The van der Waals surface area contributed by atoms with E-state index in [0.717, 1.165) is 19.4 Å². The van der Waals surface area contributed by atoms with Crippen LogP contribution in [0.4, 0.5) is 11.6 Å². The van der Waals surface area contributed by atoms with Gasteiger partial charge < -0.3 is 15.4 Å². The topological polar surface area (TPSA) is 74.4 Å². The molecule has 19 heavy (non-hydrogen) atoms. The first-order valence-electron chi connectivity index (χ1n) is 6.37. The maximum absolute atomic E-state index is 9.02. The van der Waals surface area contributed by atoms with Gasteiger partial charge in [0.25, 0.3) is 0 Å². The van der Waals surface area contributed by atoms with Crippen LogP contribution in [-0.2, 0) is 0 Å². The summed E-state index contributed by atoms with van der Waals surface area (Å²) in [6, 6.07) is 2.08. The number of rotatable bonds is 6. The number of anilines is 2. The second kappa shape index (κ2) is 6.61. The highest BCUT2D eigenvalue weighted by Crippen LogP contribution is 2.36. The van der Waals surface area contributed by atoms with Gasteiger partial charge in [-0.05, 0) is 31.7 Å². The molecule has 1 saturated carbocycles. The third kappa shape index (κ3) is 3.23. The van der Waals surface area contributed by atoms with Crippen molar-refractivity contribution >= 4 is 34.8 Å². The van der Waals surface area contributed by atoms with E-state index in [1.54, 1.807) is 6.07 Å². The molecule has 0 atom stereocenters. The van der Waals surface area contributed by atoms with E-state index >= 15 is 0 Å². The number of nitrogens with zero attached hydrogens (tertiary/aromatic N) is 2. The number of hydrogen-bond acceptors (Lipinski definition) is 5. The molecular weight excluding hydrogens is 287 g/mol. The second-order valence-corrected chi connectivity index (χ2v) is 5.44. The van der Waals surface area contributed by atoms with Crippen molar-refractivity contribution in [2.24, 2.45) is 5.84 Å². The summed E-state index contributed by atoms with van der Waals surface area (Å²) in [6.45, 7) is 0.871. The Labute approximate surface area is 122 Å². The van der Waals surface area contributed by atoms with Crippen molar-refractivity contribution in [2.75, 3.05) is 23.5 Å². The van der Waals surface area contributed by atoms with E-state index in [9.17, 15) is 0 Å². The van der Waals surface area contributed by atoms with Crippen LogP contribution >= 0.6 is 23.2 Å². The molecule has 0 amide bonds. The standard InChI is InChI=1S/C12H18Cl2N4O/c13-9-7-10(14)12(16-11(9)17-15)18(5-2-6-19)8-3-1-4-8/h7-8,19H,1-6,15H2,(H,16,17). The molecule has 0 aromatic carbocycles. The van der Waals surface area contributed by atoms with Crippen LogP contribution in [0.25, 0.3) is 0 Å². The molecule has 1 aromatic heterocycles. The Bertz CT molecular complexity index is 440. The molecule has 0 bridgehead atoms. The highest BCUT2D eigenvalue weighted by Gasteiger charge is 2.27. The highest BCUT2D eigenvalue weighted by molar-refractivity contribution is 6.37. The zero-order valence-corrected chi connectivity index (χ0v) is 12.1. The summed E-state index contributed by atoms with van der Waals surface area (Å²) in [5, 5.41) is 9.92. The average molecular weight is 305 g/mol. The van der Waals surface area contributed by atoms with E-state index in [-0.39, 0.29) is 6.61 Å². The van der Waals surface area contributed by atoms with Crippen LogP contribution in [-0.4, -0.2) is 29.3 Å². The quantitative estimate of drug-likeness (QED) is 0.556. The van der Waals surface area contributed by atoms with Crippen LogP contribution in [0.2, 0.25) is 10.0 Å². The minimum Gasteiger partial charge on any atom is -0.396 e. The molecule has 4 N–H and O–H groups in total. The van der Waals surface area contributed by atoms with E-state index < -0.39 is 0 Å². The van der Waals surface area contributed by atoms with Crippen molar-refractivity contribution in [1.82, 2.24) is 4.98 Å². The van der Waals surface area contributed by atoms with E-state index in [1.165, 1.54) is 6.42 Å². The zero-order chi connectivity index (χ0) is 13.8. The molecule has 1 aromatic rings. The molecule has 1 fully saturated rings. The average Bonchev–Trinajstić information content (AvgIpc) is 2.32. The summed E-state index contributed by atoms with van der Waals surface area (Å²) in [7, 11) is 0. The molecule has 2 rings (SSSR count). The van der Waals surface area contributed by atoms with Crippen molar-refractivity contribution in [3.63, 3.8) is 0 Å². The van der Waals surface area contributed by atoms with E-state index in [4.69, 9.17) is 34.2 Å². The SMILES string of the molecule is NNc1nc(N(CCCO)C2CCC2)c(Cl)cc1Cl. The maximum Gasteiger partial charge on any atom is 0.161 e. The van der Waals surface area contributed by atoms with Crippen LogP contribution in [0.1, 0.15) is 25.7 Å². The number of aliphatic hydroxyl groups is 1. The molecule has 7 heteroatoms. The number of nitrogen functional groups attached to an aromatic ring is 1. The van der Waals surface area contributed by atoms with Gasteiger partial charge in [-0.25, -0.2) is 10.8 Å². The van der Waals surface area contributed by atoms with Gasteiger partial charge in [0.1, 0.15) is 5.82 Å². The Morgan fingerprint density at radius 3 is 2.68 bits per heavy atom. The fourth-order valence-electron chi connectivity index (χ4n) is 2.16. The fraction of sp³-hybridized carbons (Fsp3) is 0.583. The Hall–Kier alpha value is -0.750. The number of pyridine rings is 1. The van der Waals surface area contributed by atoms with Gasteiger partial charge in [-0.2, -0.15) is 0 Å². The van der Waals surface area contributed by atoms with Gasteiger partial charge in [0, 0.05) is 19.2 Å². The van der Waals surface area contributed by atoms with Crippen molar-refractivity contribution in [3.05, 3.63) is 16.1 Å². The lowest BCUT2D eigenvalue weighted by Gasteiger charge is -2.39. The van der Waals surface area contributed by atoms with Crippen molar-refractivity contribution in [3.8, 4) is 0 Å². The van der Waals surface area contributed by atoms with Gasteiger partial charge in [0.05, 0.1) is 10.0 Å². The molecule has 1 aliphatic carbocycles. The minimum atomic E-state index is 0.149. The number of aliphatic hydroxyl groups excluding tert-OH is 1. The Kier molecular flexibility index (Phi) is 5.10. The summed E-state index contributed by atoms with van der Waals surface area (Å²) >= 11 is 12.2. The number of aromatic nitrogens is 1. The van der Waals surface area contributed by atoms with Crippen LogP contribution in [0, 0.1) is 0 Å². The Morgan fingerprint density at radius 2 is 2.16 bits per heavy atom. The largest absolute Gasteiger partial charge is 0.396 e. The molecule has 5 nitrogen and oxygen atoms in total. The smallest absolute Gasteiger partial charge is 0.161 e. The van der Waals surface area contributed by atoms with Gasteiger partial charge in [-0.15, -0.1) is 0 Å². The summed E-state index contributed by atoms with van der Waals surface area (Å²) in [5.41, 5.74) is 2.47. The first-order chi connectivity index (χ1) is 9.17. The van der Waals surface area contributed by atoms with Crippen LogP contribution in [0.3, 0.4) is 0 Å². The highest BCUT2D eigenvalue weighted by atomic mass is 35.5. The van der Waals surface area contributed by atoms with Gasteiger partial charge in [-0.1, -0.05) is 23.2 Å². The number of nitrogens with one attached hydrogen (secondary N) is 1. The Balaban J connectivity index is 2.28. The number of hydrazine groups is 1. The molecule has 0 radical (unpaired) electrons. The third-order valence-electron chi connectivity index (χ3n) is 3.39. The summed E-state index contributed by atoms with van der Waals surface area (Å²) in [6.07, 6.45) is 4.14. The molecule has 0 unspecified atom stereocenters. The predicted octanol–water partition coefficient (Wildman–Crippen LogP) is 2.42. The van der Waals surface area contributed by atoms with Gasteiger partial charge >= 0.3 is 0 Å². The first-order valence-corrected chi connectivity index (χ1v) is 7.13. The zero-order valence-electron chi connectivity index (χ0n) is 10.6. The molecule has 0 saturated heterocycles. The van der Waals surface area contributed by atoms with Gasteiger partial charge in [0.2, 0.25) is 0 Å². The Morgan fingerprint density at radius 1 is 1.42 bits per heavy atom. The second-order valence-electron chi connectivity index (χ2n) is 4.62. The van der Waals surface area contributed by atoms with E-state index in [2.05, 4.69) is 15.3 Å². The summed E-state index contributed by atoms with van der Waals surface area (Å²) in [5.74, 6) is 6.48. The molecule has 106 valence electrons. The number of halogens is 2. The summed E-state index contributed by atoms with van der Waals surface area (Å²) < 4.78 is 0. The van der Waals surface area contributed by atoms with E-state index in [1.807, 2.05) is 0 Å². The molecule has 1 aliphatic rings. The molecule has 0 spiro atoms. The third-order valence-corrected chi connectivity index (χ3v) is 3.96. The predicted molar refractivity (Wildman–Crippen MR) is 78.8 cm³/mol. The maximum atomic E-state index is 9.02. The van der Waals surface area contributed by atoms with Crippen molar-refractivity contribution in [1.29, 1.82) is 0 Å². The normalized spacial score (nSPS) is 15.2. The minimum absolute atomic E-state index is 0.149. The van der Waals surface area contributed by atoms with Gasteiger partial charge in [0.15, 0.2) is 5.82 Å². The lowest BCUT2D eigenvalue weighted by molar-refractivity contribution is 0.282. The van der Waals surface area contributed by atoms with Crippen LogP contribution in [0.15, 0.2) is 6.07 Å². The molecule has 1 heterocycles. The molecule has 0 aliphatic heterocycles. The van der Waals surface area contributed by atoms with Crippen molar-refractivity contribution in [2.45, 2.75) is 31.7 Å². The van der Waals surface area contributed by atoms with Crippen LogP contribution in [0.5, 0.6) is 0 Å². The van der Waals surface area contributed by atoms with Crippen molar-refractivity contribution < 1.29 is 5.11 Å². The number of hydrogen-bond donors (Lipinski definition) is 3. The first kappa shape index (κ1) is 14.7. The number of nitrogens with two attached hydrogens (primary N) is 1. The monoisotopic (exact) mass is 304 g/mol. The lowest BCUT2D eigenvalue weighted by atomic mass is 9.91. The molecular formula is C12H18Cl2N4O. The fourth-order valence-corrected chi connectivity index (χ4v) is 2.68.